The number of nitrogens with one attached hydrogen (secondary N) is 1. The first kappa shape index (κ1) is 14.1. The van der Waals surface area contributed by atoms with E-state index in [1.165, 1.54) is 19.3 Å². The van der Waals surface area contributed by atoms with Gasteiger partial charge in [-0.05, 0) is 36.7 Å². The van der Waals surface area contributed by atoms with Gasteiger partial charge in [-0.15, -0.1) is 0 Å². The summed E-state index contributed by atoms with van der Waals surface area (Å²) in [6.07, 6.45) is 5.50. The Kier molecular flexibility index (Phi) is 4.59. The fraction of sp³-hybridized carbons (Fsp3) is 0.562. The number of rotatable bonds is 6. The minimum absolute atomic E-state index is 0.0245. The van der Waals surface area contributed by atoms with Gasteiger partial charge in [-0.3, -0.25) is 4.79 Å². The molecule has 19 heavy (non-hydrogen) atoms. The number of carbonyl (C=O) groups excluding carboxylic acids is 1. The van der Waals surface area contributed by atoms with Crippen molar-refractivity contribution in [2.75, 3.05) is 6.54 Å². The molecule has 0 aliphatic heterocycles. The quantitative estimate of drug-likeness (QED) is 0.824. The average Bonchev–Trinajstić information content (AvgIpc) is 2.39. The van der Waals surface area contributed by atoms with Crippen LogP contribution in [0.5, 0.6) is 0 Å². The van der Waals surface area contributed by atoms with Gasteiger partial charge in [0.25, 0.3) is 0 Å². The monoisotopic (exact) mass is 260 g/mol. The first-order valence-corrected chi connectivity index (χ1v) is 7.22. The SMILES string of the molecule is CCC1(CNC(=O)C(N)Cc2ccccc2)CCC1. The smallest absolute Gasteiger partial charge is 0.237 e. The van der Waals surface area contributed by atoms with Crippen molar-refractivity contribution in [1.82, 2.24) is 5.32 Å². The van der Waals surface area contributed by atoms with Gasteiger partial charge in [0.15, 0.2) is 0 Å². The molecule has 0 radical (unpaired) electrons. The van der Waals surface area contributed by atoms with Crippen LogP contribution in [0.3, 0.4) is 0 Å². The molecule has 0 heterocycles. The standard InChI is InChI=1S/C16H24N2O/c1-2-16(9-6-10-16)12-18-15(19)14(17)11-13-7-4-3-5-8-13/h3-5,7-8,14H,2,6,9-12,17H2,1H3,(H,18,19). The molecule has 1 amide bonds. The molecule has 3 N–H and O–H groups in total. The third-order valence-corrected chi connectivity index (χ3v) is 4.44. The van der Waals surface area contributed by atoms with Crippen molar-refractivity contribution in [3.63, 3.8) is 0 Å². The van der Waals surface area contributed by atoms with Crippen LogP contribution >= 0.6 is 0 Å². The molecule has 1 atom stereocenters. The molecule has 104 valence electrons. The second-order valence-electron chi connectivity index (χ2n) is 5.72. The molecule has 1 aliphatic rings. The fourth-order valence-corrected chi connectivity index (χ4v) is 2.70. The van der Waals surface area contributed by atoms with Gasteiger partial charge in [0, 0.05) is 6.54 Å². The van der Waals surface area contributed by atoms with Crippen molar-refractivity contribution in [2.24, 2.45) is 11.1 Å². The van der Waals surface area contributed by atoms with Crippen molar-refractivity contribution in [1.29, 1.82) is 0 Å². The second-order valence-corrected chi connectivity index (χ2v) is 5.72. The number of amides is 1. The summed E-state index contributed by atoms with van der Waals surface area (Å²) in [6.45, 7) is 2.99. The summed E-state index contributed by atoms with van der Waals surface area (Å²) in [5.41, 5.74) is 7.43. The number of hydrogen-bond donors (Lipinski definition) is 2. The summed E-state index contributed by atoms with van der Waals surface area (Å²) in [7, 11) is 0. The van der Waals surface area contributed by atoms with Crippen molar-refractivity contribution in [3.8, 4) is 0 Å². The third-order valence-electron chi connectivity index (χ3n) is 4.44. The molecule has 0 spiro atoms. The van der Waals surface area contributed by atoms with Gasteiger partial charge in [-0.25, -0.2) is 0 Å². The zero-order valence-electron chi connectivity index (χ0n) is 11.7. The van der Waals surface area contributed by atoms with Crippen LogP contribution < -0.4 is 11.1 Å². The molecule has 1 aliphatic carbocycles. The second kappa shape index (κ2) is 6.20. The Balaban J connectivity index is 1.79. The summed E-state index contributed by atoms with van der Waals surface area (Å²) in [5.74, 6) is -0.0245. The maximum Gasteiger partial charge on any atom is 0.237 e. The number of benzene rings is 1. The Morgan fingerprint density at radius 3 is 2.58 bits per heavy atom. The van der Waals surface area contributed by atoms with E-state index < -0.39 is 6.04 Å². The lowest BCUT2D eigenvalue weighted by atomic mass is 9.67. The Bertz CT molecular complexity index is 407. The van der Waals surface area contributed by atoms with Crippen molar-refractivity contribution < 1.29 is 4.79 Å². The number of hydrogen-bond acceptors (Lipinski definition) is 2. The Morgan fingerprint density at radius 1 is 1.37 bits per heavy atom. The topological polar surface area (TPSA) is 55.1 Å². The maximum absolute atomic E-state index is 12.0. The van der Waals surface area contributed by atoms with Crippen LogP contribution in [-0.2, 0) is 11.2 Å². The molecule has 0 aromatic heterocycles. The molecule has 1 aromatic rings. The minimum Gasteiger partial charge on any atom is -0.354 e. The van der Waals surface area contributed by atoms with E-state index in [0.717, 1.165) is 18.5 Å². The highest BCUT2D eigenvalue weighted by Crippen LogP contribution is 2.42. The molecule has 1 saturated carbocycles. The van der Waals surface area contributed by atoms with Crippen LogP contribution in [-0.4, -0.2) is 18.5 Å². The zero-order chi connectivity index (χ0) is 13.7. The predicted octanol–water partition coefficient (Wildman–Crippen LogP) is 2.25. The van der Waals surface area contributed by atoms with E-state index in [0.29, 0.717) is 11.8 Å². The lowest BCUT2D eigenvalue weighted by Gasteiger charge is -2.41. The molecule has 1 fully saturated rings. The molecule has 2 rings (SSSR count). The van der Waals surface area contributed by atoms with Crippen LogP contribution in [0.2, 0.25) is 0 Å². The van der Waals surface area contributed by atoms with E-state index in [-0.39, 0.29) is 5.91 Å². The first-order valence-electron chi connectivity index (χ1n) is 7.22. The molecule has 3 nitrogen and oxygen atoms in total. The summed E-state index contributed by atoms with van der Waals surface area (Å²) in [4.78, 5) is 12.0. The Morgan fingerprint density at radius 2 is 2.05 bits per heavy atom. The van der Waals surface area contributed by atoms with E-state index in [2.05, 4.69) is 12.2 Å². The van der Waals surface area contributed by atoms with Gasteiger partial charge in [0.2, 0.25) is 5.91 Å². The molecule has 0 bridgehead atoms. The van der Waals surface area contributed by atoms with Crippen LogP contribution in [0.1, 0.15) is 38.2 Å². The summed E-state index contributed by atoms with van der Waals surface area (Å²) < 4.78 is 0. The van der Waals surface area contributed by atoms with Crippen LogP contribution in [0.15, 0.2) is 30.3 Å². The maximum atomic E-state index is 12.0. The highest BCUT2D eigenvalue weighted by Gasteiger charge is 2.35. The van der Waals surface area contributed by atoms with Gasteiger partial charge in [-0.1, -0.05) is 43.7 Å². The van der Waals surface area contributed by atoms with Crippen molar-refractivity contribution >= 4 is 5.91 Å². The molecule has 3 heteroatoms. The molecule has 1 unspecified atom stereocenters. The Labute approximate surface area is 115 Å². The van der Waals surface area contributed by atoms with Gasteiger partial charge < -0.3 is 11.1 Å². The van der Waals surface area contributed by atoms with E-state index in [4.69, 9.17) is 5.73 Å². The van der Waals surface area contributed by atoms with Gasteiger partial charge in [0.05, 0.1) is 6.04 Å². The zero-order valence-corrected chi connectivity index (χ0v) is 11.7. The molecule has 0 saturated heterocycles. The predicted molar refractivity (Wildman–Crippen MR) is 77.7 cm³/mol. The van der Waals surface area contributed by atoms with E-state index in [9.17, 15) is 4.79 Å². The van der Waals surface area contributed by atoms with Gasteiger partial charge >= 0.3 is 0 Å². The fourth-order valence-electron chi connectivity index (χ4n) is 2.70. The Hall–Kier alpha value is -1.35. The van der Waals surface area contributed by atoms with Crippen molar-refractivity contribution in [3.05, 3.63) is 35.9 Å². The molecule has 1 aromatic carbocycles. The highest BCUT2D eigenvalue weighted by molar-refractivity contribution is 5.81. The largest absolute Gasteiger partial charge is 0.354 e. The average molecular weight is 260 g/mol. The van der Waals surface area contributed by atoms with Crippen molar-refractivity contribution in [2.45, 2.75) is 45.1 Å². The van der Waals surface area contributed by atoms with Gasteiger partial charge in [0.1, 0.15) is 0 Å². The first-order chi connectivity index (χ1) is 9.15. The van der Waals surface area contributed by atoms with Crippen LogP contribution in [0.4, 0.5) is 0 Å². The summed E-state index contributed by atoms with van der Waals surface area (Å²) in [5, 5.41) is 3.03. The van der Waals surface area contributed by atoms with Gasteiger partial charge in [-0.2, -0.15) is 0 Å². The van der Waals surface area contributed by atoms with Crippen LogP contribution in [0, 0.1) is 5.41 Å². The minimum atomic E-state index is -0.448. The number of carbonyl (C=O) groups is 1. The lowest BCUT2D eigenvalue weighted by Crippen LogP contribution is -2.48. The number of nitrogens with two attached hydrogens (primary N) is 1. The van der Waals surface area contributed by atoms with Crippen LogP contribution in [0.25, 0.3) is 0 Å². The van der Waals surface area contributed by atoms with E-state index in [1.54, 1.807) is 0 Å². The summed E-state index contributed by atoms with van der Waals surface area (Å²) in [6, 6.07) is 9.48. The molecular formula is C16H24N2O. The molecular weight excluding hydrogens is 236 g/mol. The van der Waals surface area contributed by atoms with E-state index in [1.807, 2.05) is 30.3 Å². The normalized spacial score (nSPS) is 18.4. The highest BCUT2D eigenvalue weighted by atomic mass is 16.2. The lowest BCUT2D eigenvalue weighted by molar-refractivity contribution is -0.123. The third kappa shape index (κ3) is 3.57. The van der Waals surface area contributed by atoms with E-state index >= 15 is 0 Å². The summed E-state index contributed by atoms with van der Waals surface area (Å²) >= 11 is 0.